The number of benzene rings is 2. The number of carbonyl (C=O) groups excluding carboxylic acids is 2. The van der Waals surface area contributed by atoms with E-state index in [1.807, 2.05) is 18.2 Å². The fourth-order valence-electron chi connectivity index (χ4n) is 6.56. The number of nitrogens with zero attached hydrogens (tertiary/aromatic N) is 4. The Morgan fingerprint density at radius 3 is 2.25 bits per heavy atom. The molecular weight excluding hydrogens is 612 g/mol. The molecular formula is C37H46N4O7. The van der Waals surface area contributed by atoms with Crippen molar-refractivity contribution in [2.75, 3.05) is 52.5 Å². The highest BCUT2D eigenvalue weighted by Gasteiger charge is 2.36. The minimum atomic E-state index is -0.949. The third-order valence-electron chi connectivity index (χ3n) is 9.01. The molecule has 3 atom stereocenters. The van der Waals surface area contributed by atoms with Crippen LogP contribution in [-0.2, 0) is 0 Å². The Kier molecular flexibility index (Phi) is 10.9. The van der Waals surface area contributed by atoms with Crippen molar-refractivity contribution < 1.29 is 33.6 Å². The van der Waals surface area contributed by atoms with E-state index in [1.54, 1.807) is 48.1 Å². The highest BCUT2D eigenvalue weighted by molar-refractivity contribution is 6.04. The lowest BCUT2D eigenvalue weighted by Crippen LogP contribution is -2.47. The number of likely N-dealkylation sites (N-methyl/N-ethyl adjacent to an activating group) is 1. The monoisotopic (exact) mass is 658 g/mol. The molecule has 11 nitrogen and oxygen atoms in total. The summed E-state index contributed by atoms with van der Waals surface area (Å²) < 4.78 is 23.3. The van der Waals surface area contributed by atoms with Gasteiger partial charge in [0.1, 0.15) is 6.23 Å². The number of hydrogen-bond acceptors (Lipinski definition) is 10. The van der Waals surface area contributed by atoms with Crippen LogP contribution in [0.4, 0.5) is 11.4 Å². The largest absolute Gasteiger partial charge is 0.493 e. The van der Waals surface area contributed by atoms with Crippen molar-refractivity contribution in [1.82, 2.24) is 9.80 Å². The number of methoxy groups -OCH3 is 2. The summed E-state index contributed by atoms with van der Waals surface area (Å²) in [7, 11) is 5.02. The van der Waals surface area contributed by atoms with Gasteiger partial charge in [0.15, 0.2) is 29.3 Å². The van der Waals surface area contributed by atoms with Gasteiger partial charge >= 0.3 is 0 Å². The standard InChI is InChI=1S/C37H46N4O7/c1-23(2)41(37(44)31-14-25(4)20-39(31)5)30-18-35(32(45-6)15-26(30)22-42)48-12-10-8-9-11-47-34-17-29-28(16-33(34)46-7)36(43)40-21-24(3)13-27(40)19-38-29/h15-19,22,27,31,37,44H,1,3-4,8-14,20-21H2,2,5-7H3. The average Bonchev–Trinajstić information content (AvgIpc) is 3.58. The highest BCUT2D eigenvalue weighted by Crippen LogP contribution is 2.40. The van der Waals surface area contributed by atoms with Crippen molar-refractivity contribution in [2.24, 2.45) is 4.99 Å². The Labute approximate surface area is 282 Å². The van der Waals surface area contributed by atoms with Crippen LogP contribution in [0.5, 0.6) is 23.0 Å². The van der Waals surface area contributed by atoms with E-state index in [2.05, 4.69) is 24.7 Å². The van der Waals surface area contributed by atoms with Gasteiger partial charge in [0.25, 0.3) is 5.91 Å². The summed E-state index contributed by atoms with van der Waals surface area (Å²) in [6.45, 7) is 16.1. The molecule has 0 saturated carbocycles. The highest BCUT2D eigenvalue weighted by atomic mass is 16.5. The number of hydrogen-bond donors (Lipinski definition) is 1. The summed E-state index contributed by atoms with van der Waals surface area (Å²) in [5.41, 5.74) is 4.55. The number of ether oxygens (including phenoxy) is 4. The number of carbonyl (C=O) groups is 2. The minimum Gasteiger partial charge on any atom is -0.493 e. The van der Waals surface area contributed by atoms with E-state index < -0.39 is 6.23 Å². The molecule has 2 saturated heterocycles. The maximum absolute atomic E-state index is 13.2. The topological polar surface area (TPSA) is 113 Å². The number of allylic oxidation sites excluding steroid dienone is 1. The number of unbranched alkanes of at least 4 members (excludes halogenated alkanes) is 2. The fourth-order valence-corrected chi connectivity index (χ4v) is 6.56. The summed E-state index contributed by atoms with van der Waals surface area (Å²) in [6.07, 6.45) is 5.28. The summed E-state index contributed by atoms with van der Waals surface area (Å²) in [6, 6.07) is 6.53. The SMILES string of the molecule is C=C1CC(C(O)N(C(=C)C)c2cc(OCCCCCOc3cc4c(cc3OC)C(=O)N3CC(=C)CC3C=N4)c(OC)cc2C=O)N(C)C1. The van der Waals surface area contributed by atoms with Crippen molar-refractivity contribution in [3.63, 3.8) is 0 Å². The molecule has 2 aromatic carbocycles. The first-order chi connectivity index (χ1) is 23.1. The molecule has 256 valence electrons. The summed E-state index contributed by atoms with van der Waals surface area (Å²) in [5, 5.41) is 11.4. The summed E-state index contributed by atoms with van der Waals surface area (Å²) >= 11 is 0. The first-order valence-electron chi connectivity index (χ1n) is 16.2. The zero-order valence-electron chi connectivity index (χ0n) is 28.4. The smallest absolute Gasteiger partial charge is 0.257 e. The Bertz CT molecular complexity index is 1620. The molecule has 11 heteroatoms. The fraction of sp³-hybridized carbons (Fsp3) is 0.432. The third kappa shape index (κ3) is 7.27. The first kappa shape index (κ1) is 34.7. The Hall–Kier alpha value is -4.61. The van der Waals surface area contributed by atoms with Gasteiger partial charge in [0.2, 0.25) is 0 Å². The quantitative estimate of drug-likeness (QED) is 0.114. The van der Waals surface area contributed by atoms with Gasteiger partial charge in [-0.05, 0) is 58.2 Å². The third-order valence-corrected chi connectivity index (χ3v) is 9.01. The predicted octanol–water partition coefficient (Wildman–Crippen LogP) is 5.55. The van der Waals surface area contributed by atoms with Gasteiger partial charge < -0.3 is 33.9 Å². The van der Waals surface area contributed by atoms with E-state index in [1.165, 1.54) is 7.11 Å². The van der Waals surface area contributed by atoms with E-state index >= 15 is 0 Å². The van der Waals surface area contributed by atoms with Crippen LogP contribution in [0.2, 0.25) is 0 Å². The molecule has 1 amide bonds. The molecule has 48 heavy (non-hydrogen) atoms. The van der Waals surface area contributed by atoms with Crippen molar-refractivity contribution in [2.45, 2.75) is 57.3 Å². The lowest BCUT2D eigenvalue weighted by Gasteiger charge is -2.37. The van der Waals surface area contributed by atoms with Crippen molar-refractivity contribution in [1.29, 1.82) is 0 Å². The molecule has 1 N–H and O–H groups in total. The zero-order valence-corrected chi connectivity index (χ0v) is 28.4. The van der Waals surface area contributed by atoms with Crippen LogP contribution in [0.25, 0.3) is 0 Å². The van der Waals surface area contributed by atoms with Crippen LogP contribution in [0.1, 0.15) is 59.7 Å². The number of aliphatic hydroxyl groups is 1. The summed E-state index contributed by atoms with van der Waals surface area (Å²) in [5.74, 6) is 1.82. The molecule has 2 fully saturated rings. The van der Waals surface area contributed by atoms with E-state index in [9.17, 15) is 14.7 Å². The van der Waals surface area contributed by atoms with Gasteiger partial charge in [0, 0.05) is 42.7 Å². The summed E-state index contributed by atoms with van der Waals surface area (Å²) in [4.78, 5) is 35.5. The van der Waals surface area contributed by atoms with Gasteiger partial charge in [-0.25, -0.2) is 0 Å². The van der Waals surface area contributed by atoms with Gasteiger partial charge in [-0.15, -0.1) is 0 Å². The number of amides is 1. The normalized spacial score (nSPS) is 19.4. The van der Waals surface area contributed by atoms with Crippen LogP contribution < -0.4 is 23.8 Å². The molecule has 0 spiro atoms. The second-order valence-corrected chi connectivity index (χ2v) is 12.6. The van der Waals surface area contributed by atoms with Gasteiger partial charge in [-0.1, -0.05) is 30.9 Å². The molecule has 0 bridgehead atoms. The zero-order chi connectivity index (χ0) is 34.5. The number of fused-ring (bicyclic) bond motifs is 2. The number of rotatable bonds is 15. The molecule has 0 radical (unpaired) electrons. The van der Waals surface area contributed by atoms with Gasteiger partial charge in [-0.3, -0.25) is 19.5 Å². The number of likely N-dealkylation sites (tertiary alicyclic amines) is 1. The molecule has 3 heterocycles. The molecule has 5 rings (SSSR count). The van der Waals surface area contributed by atoms with Gasteiger partial charge in [0.05, 0.1) is 56.5 Å². The van der Waals surface area contributed by atoms with Crippen LogP contribution in [0.15, 0.2) is 65.8 Å². The van der Waals surface area contributed by atoms with Crippen LogP contribution >= 0.6 is 0 Å². The number of aliphatic hydroxyl groups excluding tert-OH is 1. The number of anilines is 1. The molecule has 0 aliphatic carbocycles. The van der Waals surface area contributed by atoms with Crippen LogP contribution in [0.3, 0.4) is 0 Å². The maximum Gasteiger partial charge on any atom is 0.257 e. The van der Waals surface area contributed by atoms with Gasteiger partial charge in [-0.2, -0.15) is 0 Å². The molecule has 0 aromatic heterocycles. The molecule has 3 aliphatic rings. The van der Waals surface area contributed by atoms with E-state index in [0.29, 0.717) is 83.9 Å². The van der Waals surface area contributed by atoms with E-state index in [0.717, 1.165) is 43.1 Å². The van der Waals surface area contributed by atoms with Crippen LogP contribution in [0, 0.1) is 0 Å². The lowest BCUT2D eigenvalue weighted by atomic mass is 10.1. The number of aldehydes is 1. The Morgan fingerprint density at radius 2 is 1.65 bits per heavy atom. The maximum atomic E-state index is 13.2. The van der Waals surface area contributed by atoms with Crippen molar-refractivity contribution in [3.8, 4) is 23.0 Å². The van der Waals surface area contributed by atoms with E-state index in [-0.39, 0.29) is 18.0 Å². The van der Waals surface area contributed by atoms with E-state index in [4.69, 9.17) is 18.9 Å². The Morgan fingerprint density at radius 1 is 1.00 bits per heavy atom. The first-order valence-corrected chi connectivity index (χ1v) is 16.2. The van der Waals surface area contributed by atoms with Crippen molar-refractivity contribution in [3.05, 3.63) is 72.0 Å². The second kappa shape index (κ2) is 15.1. The van der Waals surface area contributed by atoms with Crippen LogP contribution in [-0.4, -0.2) is 99.2 Å². The second-order valence-electron chi connectivity index (χ2n) is 12.6. The van der Waals surface area contributed by atoms with Crippen molar-refractivity contribution >= 4 is 29.8 Å². The predicted molar refractivity (Wildman–Crippen MR) is 186 cm³/mol. The Balaban J connectivity index is 1.19. The number of aliphatic imine (C=N–C) groups is 1. The molecule has 3 aliphatic heterocycles. The molecule has 2 aromatic rings. The minimum absolute atomic E-state index is 0.0825. The molecule has 3 unspecified atom stereocenters. The average molecular weight is 659 g/mol. The lowest BCUT2D eigenvalue weighted by molar-refractivity contribution is 0.0777.